The number of hydrogen-bond acceptors (Lipinski definition) is 4. The van der Waals surface area contributed by atoms with E-state index in [1.54, 1.807) is 6.07 Å². The topological polar surface area (TPSA) is 80.9 Å². The van der Waals surface area contributed by atoms with E-state index in [1.807, 2.05) is 90.2 Å². The predicted octanol–water partition coefficient (Wildman–Crippen LogP) is 6.84. The van der Waals surface area contributed by atoms with Gasteiger partial charge in [-0.3, -0.25) is 4.79 Å². The normalized spacial score (nSPS) is 12.9. The Labute approximate surface area is 226 Å². The Balaban J connectivity index is 1.23. The molecular weight excluding hydrogens is 488 g/mol. The predicted molar refractivity (Wildman–Crippen MR) is 150 cm³/mol. The van der Waals surface area contributed by atoms with Crippen LogP contribution in [0.4, 0.5) is 0 Å². The summed E-state index contributed by atoms with van der Waals surface area (Å²) in [5.74, 6) is -0.806. The molecule has 1 saturated carbocycles. The number of pyridine rings is 1. The highest BCUT2D eigenvalue weighted by Gasteiger charge is 2.27. The third-order valence-electron chi connectivity index (χ3n) is 7.29. The first kappa shape index (κ1) is 24.6. The number of hydrogen-bond donors (Lipinski definition) is 1. The number of carbonyl (C=O) groups is 2. The van der Waals surface area contributed by atoms with Gasteiger partial charge in [-0.05, 0) is 65.3 Å². The average molecular weight is 517 g/mol. The van der Waals surface area contributed by atoms with Crippen LogP contribution < -0.4 is 0 Å². The molecular formula is C33H28N2O4. The monoisotopic (exact) mass is 516 g/mol. The van der Waals surface area contributed by atoms with Crippen LogP contribution in [0.5, 0.6) is 0 Å². The van der Waals surface area contributed by atoms with Gasteiger partial charge in [-0.2, -0.15) is 0 Å². The lowest BCUT2D eigenvalue weighted by Crippen LogP contribution is -2.11. The number of carboxylic acids is 1. The molecule has 1 aliphatic rings. The molecule has 6 nitrogen and oxygen atoms in total. The molecule has 2 heterocycles. The highest BCUT2D eigenvalue weighted by molar-refractivity contribution is 5.98. The summed E-state index contributed by atoms with van der Waals surface area (Å²) in [4.78, 5) is 29.9. The number of aromatic carboxylic acids is 1. The summed E-state index contributed by atoms with van der Waals surface area (Å²) in [6.07, 6.45) is 4.49. The molecule has 0 atom stereocenters. The molecule has 1 aliphatic carbocycles. The van der Waals surface area contributed by atoms with Gasteiger partial charge in [-0.15, -0.1) is 0 Å². The van der Waals surface area contributed by atoms with Crippen LogP contribution in [-0.2, 0) is 22.6 Å². The smallest absolute Gasteiger partial charge is 0.336 e. The lowest BCUT2D eigenvalue weighted by atomic mass is 9.92. The lowest BCUT2D eigenvalue weighted by Gasteiger charge is -2.13. The molecule has 3 aromatic carbocycles. The fourth-order valence-electron chi connectivity index (χ4n) is 5.04. The van der Waals surface area contributed by atoms with Crippen LogP contribution >= 0.6 is 0 Å². The van der Waals surface area contributed by atoms with Crippen molar-refractivity contribution in [3.05, 3.63) is 119 Å². The minimum Gasteiger partial charge on any atom is -0.478 e. The zero-order chi connectivity index (χ0) is 26.9. The maximum absolute atomic E-state index is 13.0. The molecule has 6 heteroatoms. The minimum atomic E-state index is -0.999. The van der Waals surface area contributed by atoms with E-state index in [1.165, 1.54) is 12.8 Å². The lowest BCUT2D eigenvalue weighted by molar-refractivity contribution is -0.144. The number of aryl methyl sites for hydroxylation is 1. The third kappa shape index (κ3) is 5.06. The second-order valence-corrected chi connectivity index (χ2v) is 10.1. The Kier molecular flexibility index (Phi) is 6.45. The van der Waals surface area contributed by atoms with Crippen molar-refractivity contribution in [3.63, 3.8) is 0 Å². The Morgan fingerprint density at radius 3 is 2.46 bits per heavy atom. The summed E-state index contributed by atoms with van der Waals surface area (Å²) in [6.45, 7) is 2.18. The van der Waals surface area contributed by atoms with Crippen molar-refractivity contribution in [2.75, 3.05) is 0 Å². The fourth-order valence-corrected chi connectivity index (χ4v) is 5.04. The maximum atomic E-state index is 13.0. The zero-order valence-corrected chi connectivity index (χ0v) is 21.6. The number of carbonyl (C=O) groups excluding carboxylic acids is 1. The fraction of sp³-hybridized carbons (Fsp3) is 0.182. The number of esters is 1. The van der Waals surface area contributed by atoms with Crippen LogP contribution in [0, 0.1) is 6.92 Å². The van der Waals surface area contributed by atoms with Crippen molar-refractivity contribution in [2.24, 2.45) is 0 Å². The van der Waals surface area contributed by atoms with Crippen molar-refractivity contribution in [3.8, 4) is 22.3 Å². The van der Waals surface area contributed by atoms with Crippen molar-refractivity contribution in [1.82, 2.24) is 9.38 Å². The van der Waals surface area contributed by atoms with Gasteiger partial charge in [-0.25, -0.2) is 9.78 Å². The molecule has 5 aromatic rings. The van der Waals surface area contributed by atoms with Gasteiger partial charge in [0.15, 0.2) is 0 Å². The SMILES string of the molecule is Cc1ccc(COC(=O)Cc2ccccc2-c2ccc(-c3ccccc3)c(C(=O)O)c2)n2cc(C3CC3)nc12. The second kappa shape index (κ2) is 10.2. The van der Waals surface area contributed by atoms with Gasteiger partial charge in [0, 0.05) is 12.1 Å². The van der Waals surface area contributed by atoms with Crippen LogP contribution in [0.15, 0.2) is 91.1 Å². The zero-order valence-electron chi connectivity index (χ0n) is 21.6. The standard InChI is InChI=1S/C33H28N2O4/c1-21-11-15-26(35-19-30(23-12-13-23)34-32(21)35)20-39-31(36)18-24-9-5-6-10-27(24)25-14-16-28(29(17-25)33(37)38)22-7-3-2-4-8-22/h2-11,14-17,19,23H,12-13,18,20H2,1H3,(H,37,38). The minimum absolute atomic E-state index is 0.0747. The van der Waals surface area contributed by atoms with Gasteiger partial charge >= 0.3 is 11.9 Å². The van der Waals surface area contributed by atoms with Crippen LogP contribution in [0.1, 0.15) is 51.6 Å². The number of ether oxygens (including phenoxy) is 1. The number of carboxylic acid groups (broad SMARTS) is 1. The quantitative estimate of drug-likeness (QED) is 0.228. The highest BCUT2D eigenvalue weighted by Crippen LogP contribution is 2.39. The van der Waals surface area contributed by atoms with Crippen LogP contribution in [0.25, 0.3) is 27.9 Å². The maximum Gasteiger partial charge on any atom is 0.336 e. The van der Waals surface area contributed by atoms with E-state index in [2.05, 4.69) is 6.20 Å². The van der Waals surface area contributed by atoms with Crippen LogP contribution in [-0.4, -0.2) is 26.4 Å². The van der Waals surface area contributed by atoms with Crippen molar-refractivity contribution >= 4 is 17.6 Å². The van der Waals surface area contributed by atoms with Gasteiger partial charge < -0.3 is 14.2 Å². The molecule has 2 aromatic heterocycles. The molecule has 0 unspecified atom stereocenters. The van der Waals surface area contributed by atoms with Crippen LogP contribution in [0.2, 0.25) is 0 Å². The van der Waals surface area contributed by atoms with Crippen molar-refractivity contribution in [1.29, 1.82) is 0 Å². The van der Waals surface area contributed by atoms with E-state index in [4.69, 9.17) is 9.72 Å². The molecule has 194 valence electrons. The average Bonchev–Trinajstić information content (AvgIpc) is 3.71. The van der Waals surface area contributed by atoms with Gasteiger partial charge in [-0.1, -0.05) is 72.8 Å². The number of fused-ring (bicyclic) bond motifs is 1. The second-order valence-electron chi connectivity index (χ2n) is 10.1. The Hall–Kier alpha value is -4.71. The first-order valence-electron chi connectivity index (χ1n) is 13.1. The van der Waals surface area contributed by atoms with E-state index in [0.29, 0.717) is 11.5 Å². The molecule has 0 aliphatic heterocycles. The summed E-state index contributed by atoms with van der Waals surface area (Å²) in [7, 11) is 0. The molecule has 39 heavy (non-hydrogen) atoms. The molecule has 0 spiro atoms. The Bertz CT molecular complexity index is 1700. The Morgan fingerprint density at radius 1 is 0.923 bits per heavy atom. The molecule has 0 amide bonds. The van der Waals surface area contributed by atoms with E-state index in [0.717, 1.165) is 44.9 Å². The third-order valence-corrected chi connectivity index (χ3v) is 7.29. The van der Waals surface area contributed by atoms with Gasteiger partial charge in [0.05, 0.1) is 23.4 Å². The van der Waals surface area contributed by atoms with Gasteiger partial charge in [0.2, 0.25) is 0 Å². The number of aromatic nitrogens is 2. The summed E-state index contributed by atoms with van der Waals surface area (Å²) in [6, 6.07) is 26.4. The molecule has 1 N–H and O–H groups in total. The van der Waals surface area contributed by atoms with E-state index in [9.17, 15) is 14.7 Å². The molecule has 0 bridgehead atoms. The van der Waals surface area contributed by atoms with Crippen molar-refractivity contribution in [2.45, 2.75) is 38.7 Å². The Morgan fingerprint density at radius 2 is 1.69 bits per heavy atom. The largest absolute Gasteiger partial charge is 0.478 e. The first-order chi connectivity index (χ1) is 19.0. The van der Waals surface area contributed by atoms with Gasteiger partial charge in [0.1, 0.15) is 12.3 Å². The summed E-state index contributed by atoms with van der Waals surface area (Å²) in [5.41, 5.74) is 7.99. The number of rotatable bonds is 8. The number of imidazole rings is 1. The number of benzene rings is 3. The molecule has 0 saturated heterocycles. The number of nitrogens with zero attached hydrogens (tertiary/aromatic N) is 2. The van der Waals surface area contributed by atoms with E-state index >= 15 is 0 Å². The molecule has 0 radical (unpaired) electrons. The van der Waals surface area contributed by atoms with E-state index in [-0.39, 0.29) is 24.6 Å². The highest BCUT2D eigenvalue weighted by atomic mass is 16.5. The molecule has 6 rings (SSSR count). The summed E-state index contributed by atoms with van der Waals surface area (Å²) >= 11 is 0. The molecule has 1 fully saturated rings. The van der Waals surface area contributed by atoms with E-state index < -0.39 is 5.97 Å². The summed E-state index contributed by atoms with van der Waals surface area (Å²) < 4.78 is 7.75. The first-order valence-corrected chi connectivity index (χ1v) is 13.1. The summed E-state index contributed by atoms with van der Waals surface area (Å²) in [5, 5.41) is 9.94. The van der Waals surface area contributed by atoms with Gasteiger partial charge in [0.25, 0.3) is 0 Å². The van der Waals surface area contributed by atoms with Crippen LogP contribution in [0.3, 0.4) is 0 Å². The van der Waals surface area contributed by atoms with Crippen molar-refractivity contribution < 1.29 is 19.4 Å².